The molecule has 0 saturated heterocycles. The zero-order valence-corrected chi connectivity index (χ0v) is 18.6. The molecule has 1 aromatic heterocycles. The van der Waals surface area contributed by atoms with Crippen molar-refractivity contribution < 1.29 is 14.3 Å². The van der Waals surface area contributed by atoms with Crippen molar-refractivity contribution in [2.24, 2.45) is 0 Å². The standard InChI is InChI=1S/C27H22N4O3/c1-18(32)21-10-11-26-24(14-21)25(27(33)28-26)13-20-8-5-9-23(12-20)34-17-22-16-31(30-29-22)15-19-6-3-2-4-7-19/h2-14,16H,15,17H2,1H3,(H,28,33)/b25-13+. The normalized spacial score (nSPS) is 13.6. The Morgan fingerprint density at radius 1 is 1.06 bits per heavy atom. The van der Waals surface area contributed by atoms with Gasteiger partial charge >= 0.3 is 0 Å². The summed E-state index contributed by atoms with van der Waals surface area (Å²) in [6.07, 6.45) is 3.67. The lowest BCUT2D eigenvalue weighted by Crippen LogP contribution is -2.03. The molecule has 2 heterocycles. The summed E-state index contributed by atoms with van der Waals surface area (Å²) in [6, 6.07) is 22.8. The number of fused-ring (bicyclic) bond motifs is 1. The van der Waals surface area contributed by atoms with Crippen LogP contribution in [0.1, 0.15) is 39.7 Å². The Balaban J connectivity index is 1.30. The van der Waals surface area contributed by atoms with Crippen molar-refractivity contribution in [1.82, 2.24) is 15.0 Å². The van der Waals surface area contributed by atoms with Crippen LogP contribution in [0, 0.1) is 0 Å². The van der Waals surface area contributed by atoms with Crippen LogP contribution in [0.25, 0.3) is 11.6 Å². The van der Waals surface area contributed by atoms with E-state index in [2.05, 4.69) is 15.6 Å². The lowest BCUT2D eigenvalue weighted by Gasteiger charge is -2.06. The monoisotopic (exact) mass is 450 g/mol. The number of carbonyl (C=O) groups is 2. The first-order chi connectivity index (χ1) is 16.5. The van der Waals surface area contributed by atoms with Gasteiger partial charge in [-0.2, -0.15) is 0 Å². The topological polar surface area (TPSA) is 86.1 Å². The second-order valence-electron chi connectivity index (χ2n) is 8.08. The molecule has 0 aliphatic carbocycles. The molecule has 1 amide bonds. The van der Waals surface area contributed by atoms with Gasteiger partial charge in [-0.25, -0.2) is 4.68 Å². The average molecular weight is 450 g/mol. The smallest absolute Gasteiger partial charge is 0.256 e. The summed E-state index contributed by atoms with van der Waals surface area (Å²) < 4.78 is 7.70. The molecule has 0 spiro atoms. The first kappa shape index (κ1) is 21.3. The lowest BCUT2D eigenvalue weighted by molar-refractivity contribution is -0.110. The molecule has 1 N–H and O–H groups in total. The number of amides is 1. The molecule has 0 fully saturated rings. The number of nitrogens with zero attached hydrogens (tertiary/aromatic N) is 3. The predicted octanol–water partition coefficient (Wildman–Crippen LogP) is 4.60. The van der Waals surface area contributed by atoms with Crippen molar-refractivity contribution in [2.45, 2.75) is 20.1 Å². The zero-order valence-electron chi connectivity index (χ0n) is 18.6. The van der Waals surface area contributed by atoms with Crippen molar-refractivity contribution in [3.63, 3.8) is 0 Å². The second-order valence-corrected chi connectivity index (χ2v) is 8.08. The fourth-order valence-corrected chi connectivity index (χ4v) is 3.82. The van der Waals surface area contributed by atoms with Gasteiger partial charge in [-0.1, -0.05) is 47.7 Å². The molecule has 34 heavy (non-hydrogen) atoms. The molecule has 0 saturated carbocycles. The summed E-state index contributed by atoms with van der Waals surface area (Å²) in [4.78, 5) is 24.3. The van der Waals surface area contributed by atoms with Crippen LogP contribution in [0.15, 0.2) is 79.0 Å². The van der Waals surface area contributed by atoms with Crippen molar-refractivity contribution in [1.29, 1.82) is 0 Å². The second kappa shape index (κ2) is 9.15. The first-order valence-corrected chi connectivity index (χ1v) is 10.9. The Kier molecular flexibility index (Phi) is 5.74. The van der Waals surface area contributed by atoms with Crippen molar-refractivity contribution in [3.8, 4) is 5.75 Å². The number of ether oxygens (including phenoxy) is 1. The molecule has 5 rings (SSSR count). The summed E-state index contributed by atoms with van der Waals surface area (Å²) in [6.45, 7) is 2.43. The van der Waals surface area contributed by atoms with E-state index in [0.29, 0.717) is 29.1 Å². The first-order valence-electron chi connectivity index (χ1n) is 10.9. The van der Waals surface area contributed by atoms with E-state index in [9.17, 15) is 9.59 Å². The maximum Gasteiger partial charge on any atom is 0.256 e. The quantitative estimate of drug-likeness (QED) is 0.329. The highest BCUT2D eigenvalue weighted by atomic mass is 16.5. The molecule has 7 heteroatoms. The Hall–Kier alpha value is -4.52. The molecule has 0 atom stereocenters. The fraction of sp³-hybridized carbons (Fsp3) is 0.111. The molecule has 1 aliphatic heterocycles. The van der Waals surface area contributed by atoms with E-state index >= 15 is 0 Å². The highest BCUT2D eigenvalue weighted by Crippen LogP contribution is 2.34. The number of anilines is 1. The molecule has 1 aliphatic rings. The summed E-state index contributed by atoms with van der Waals surface area (Å²) in [5, 5.41) is 11.2. The third-order valence-corrected chi connectivity index (χ3v) is 5.54. The van der Waals surface area contributed by atoms with E-state index in [4.69, 9.17) is 4.74 Å². The molecule has 4 aromatic rings. The number of nitrogens with one attached hydrogen (secondary N) is 1. The van der Waals surface area contributed by atoms with Gasteiger partial charge < -0.3 is 10.1 Å². The number of ketones is 1. The van der Waals surface area contributed by atoms with Crippen LogP contribution in [-0.4, -0.2) is 26.7 Å². The van der Waals surface area contributed by atoms with Crippen molar-refractivity contribution in [3.05, 3.63) is 107 Å². The molecular weight excluding hydrogens is 428 g/mol. The molecule has 0 unspecified atom stereocenters. The minimum absolute atomic E-state index is 0.0439. The van der Waals surface area contributed by atoms with Gasteiger partial charge in [0.2, 0.25) is 0 Å². The molecule has 7 nitrogen and oxygen atoms in total. The van der Waals surface area contributed by atoms with Gasteiger partial charge in [0.1, 0.15) is 18.1 Å². The van der Waals surface area contributed by atoms with Gasteiger partial charge in [-0.15, -0.1) is 5.10 Å². The number of carbonyl (C=O) groups excluding carboxylic acids is 2. The highest BCUT2D eigenvalue weighted by Gasteiger charge is 2.24. The van der Waals surface area contributed by atoms with E-state index in [1.165, 1.54) is 6.92 Å². The molecule has 0 bridgehead atoms. The molecule has 168 valence electrons. The van der Waals surface area contributed by atoms with Crippen LogP contribution in [0.4, 0.5) is 5.69 Å². The van der Waals surface area contributed by atoms with E-state index < -0.39 is 0 Å². The number of Topliss-reactive ketones (excluding diaryl/α,β-unsaturated/α-hetero) is 1. The summed E-state index contributed by atoms with van der Waals surface area (Å²) in [5.74, 6) is 0.415. The highest BCUT2D eigenvalue weighted by molar-refractivity contribution is 6.35. The third kappa shape index (κ3) is 4.63. The van der Waals surface area contributed by atoms with Crippen LogP contribution in [-0.2, 0) is 17.9 Å². The Bertz CT molecular complexity index is 1410. The largest absolute Gasteiger partial charge is 0.487 e. The molecule has 0 radical (unpaired) electrons. The Morgan fingerprint density at radius 3 is 2.74 bits per heavy atom. The van der Waals surface area contributed by atoms with Crippen LogP contribution < -0.4 is 10.1 Å². The van der Waals surface area contributed by atoms with Gasteiger partial charge in [0.05, 0.1) is 12.7 Å². The summed E-state index contributed by atoms with van der Waals surface area (Å²) in [5.41, 5.74) is 5.19. The van der Waals surface area contributed by atoms with Crippen molar-refractivity contribution in [2.75, 3.05) is 5.32 Å². The average Bonchev–Trinajstić information content (AvgIpc) is 3.42. The minimum Gasteiger partial charge on any atom is -0.487 e. The summed E-state index contributed by atoms with van der Waals surface area (Å²) in [7, 11) is 0. The maximum absolute atomic E-state index is 12.5. The molecular formula is C27H22N4O3. The number of hydrogen-bond donors (Lipinski definition) is 1. The lowest BCUT2D eigenvalue weighted by atomic mass is 10.0. The van der Waals surface area contributed by atoms with Crippen LogP contribution in [0.5, 0.6) is 5.75 Å². The van der Waals surface area contributed by atoms with Gasteiger partial charge in [0.15, 0.2) is 5.78 Å². The van der Waals surface area contributed by atoms with Crippen LogP contribution in [0.2, 0.25) is 0 Å². The molecule has 3 aromatic carbocycles. The van der Waals surface area contributed by atoms with Crippen LogP contribution >= 0.6 is 0 Å². The SMILES string of the molecule is CC(=O)c1ccc2c(c1)/C(=C\c1cccc(OCc3cn(Cc4ccccc4)nn3)c1)C(=O)N2. The zero-order chi connectivity index (χ0) is 23.5. The fourth-order valence-electron chi connectivity index (χ4n) is 3.82. The Labute approximate surface area is 196 Å². The van der Waals surface area contributed by atoms with Crippen molar-refractivity contribution >= 4 is 29.0 Å². The van der Waals surface area contributed by atoms with Gasteiger partial charge in [0, 0.05) is 22.4 Å². The summed E-state index contributed by atoms with van der Waals surface area (Å²) >= 11 is 0. The number of benzene rings is 3. The maximum atomic E-state index is 12.5. The van der Waals surface area contributed by atoms with Gasteiger partial charge in [-0.05, 0) is 54.5 Å². The number of aromatic nitrogens is 3. The van der Waals surface area contributed by atoms with E-state index in [-0.39, 0.29) is 18.3 Å². The van der Waals surface area contributed by atoms with Gasteiger partial charge in [0.25, 0.3) is 5.91 Å². The van der Waals surface area contributed by atoms with Crippen LogP contribution in [0.3, 0.4) is 0 Å². The van der Waals surface area contributed by atoms with E-state index in [1.807, 2.05) is 60.8 Å². The predicted molar refractivity (Wildman–Crippen MR) is 129 cm³/mol. The van der Waals surface area contributed by atoms with Gasteiger partial charge in [-0.3, -0.25) is 9.59 Å². The van der Waals surface area contributed by atoms with E-state index in [0.717, 1.165) is 22.4 Å². The number of hydrogen-bond acceptors (Lipinski definition) is 5. The number of rotatable bonds is 7. The third-order valence-electron chi connectivity index (χ3n) is 5.54. The minimum atomic E-state index is -0.197. The van der Waals surface area contributed by atoms with E-state index in [1.54, 1.807) is 29.0 Å². The Morgan fingerprint density at radius 2 is 1.91 bits per heavy atom.